The Hall–Kier alpha value is -3.07. The predicted molar refractivity (Wildman–Crippen MR) is 114 cm³/mol. The summed E-state index contributed by atoms with van der Waals surface area (Å²) in [6.45, 7) is 18.5. The Labute approximate surface area is 157 Å². The molecule has 26 heavy (non-hydrogen) atoms. The van der Waals surface area contributed by atoms with Crippen molar-refractivity contribution in [3.05, 3.63) is 96.4 Å². The molecular weight excluding hydrogens is 318 g/mol. The number of hydrogen-bond acceptors (Lipinski definition) is 2. The van der Waals surface area contributed by atoms with E-state index in [1.807, 2.05) is 42.3 Å². The molecule has 3 heteroatoms. The Morgan fingerprint density at radius 1 is 1.04 bits per heavy atom. The molecule has 0 amide bonds. The van der Waals surface area contributed by atoms with Crippen LogP contribution in [0.2, 0.25) is 0 Å². The average molecular weight is 345 g/mol. The van der Waals surface area contributed by atoms with Crippen LogP contribution in [0, 0.1) is 20.8 Å². The zero-order valence-electron chi connectivity index (χ0n) is 16.1. The fraction of sp³-hybridized carbons (Fsp3) is 0.174. The van der Waals surface area contributed by atoms with Crippen LogP contribution in [0.5, 0.6) is 0 Å². The van der Waals surface area contributed by atoms with Crippen molar-refractivity contribution in [2.24, 2.45) is 4.99 Å². The van der Waals surface area contributed by atoms with Crippen molar-refractivity contribution < 1.29 is 0 Å². The quantitative estimate of drug-likeness (QED) is 0.563. The van der Waals surface area contributed by atoms with Crippen LogP contribution in [0.1, 0.15) is 22.3 Å². The number of nitrogens with zero attached hydrogens (tertiary/aromatic N) is 2. The van der Waals surface area contributed by atoms with Gasteiger partial charge in [0.2, 0.25) is 0 Å². The molecule has 2 aromatic rings. The van der Waals surface area contributed by atoms with Gasteiger partial charge in [0.25, 0.3) is 0 Å². The van der Waals surface area contributed by atoms with E-state index in [1.54, 1.807) is 6.08 Å². The van der Waals surface area contributed by atoms with Gasteiger partial charge < -0.3 is 5.32 Å². The van der Waals surface area contributed by atoms with Crippen LogP contribution in [0.4, 0.5) is 5.69 Å². The third-order valence-corrected chi connectivity index (χ3v) is 4.19. The maximum absolute atomic E-state index is 4.74. The zero-order valence-corrected chi connectivity index (χ0v) is 16.1. The van der Waals surface area contributed by atoms with Gasteiger partial charge in [-0.2, -0.15) is 0 Å². The largest absolute Gasteiger partial charge is 0.375 e. The summed E-state index contributed by atoms with van der Waals surface area (Å²) in [7, 11) is 1.85. The molecule has 134 valence electrons. The molecule has 1 N–H and O–H groups in total. The number of benzene rings is 2. The predicted octanol–water partition coefficient (Wildman–Crippen LogP) is 5.36. The van der Waals surface area contributed by atoms with Crippen LogP contribution in [-0.2, 0) is 0 Å². The number of hydrogen-bond donors (Lipinski definition) is 1. The molecule has 0 fully saturated rings. The molecule has 0 saturated heterocycles. The maximum Gasteiger partial charge on any atom is 0.138 e. The highest BCUT2D eigenvalue weighted by Gasteiger charge is 2.19. The second-order valence-electron chi connectivity index (χ2n) is 6.27. The van der Waals surface area contributed by atoms with Crippen LogP contribution in [0.15, 0.2) is 79.1 Å². The number of aryl methyl sites for hydroxylation is 3. The van der Waals surface area contributed by atoms with Gasteiger partial charge in [-0.1, -0.05) is 67.8 Å². The molecule has 0 aliphatic carbocycles. The molecule has 0 aliphatic heterocycles. The first-order chi connectivity index (χ1) is 12.4. The fourth-order valence-corrected chi connectivity index (χ4v) is 3.04. The third kappa shape index (κ3) is 4.12. The highest BCUT2D eigenvalue weighted by molar-refractivity contribution is 6.10. The first-order valence-corrected chi connectivity index (χ1v) is 8.59. The van der Waals surface area contributed by atoms with Crippen molar-refractivity contribution in [2.45, 2.75) is 20.8 Å². The number of amidine groups is 1. The monoisotopic (exact) mass is 345 g/mol. The lowest BCUT2D eigenvalue weighted by Crippen LogP contribution is -2.35. The lowest BCUT2D eigenvalue weighted by Gasteiger charge is -2.29. The zero-order chi connectivity index (χ0) is 19.3. The summed E-state index contributed by atoms with van der Waals surface area (Å²) in [5.41, 5.74) is 6.23. The summed E-state index contributed by atoms with van der Waals surface area (Å²) in [5, 5.41) is 3.13. The Bertz CT molecular complexity index is 837. The molecule has 0 unspecified atom stereocenters. The van der Waals surface area contributed by atoms with E-state index >= 15 is 0 Å². The van der Waals surface area contributed by atoms with Crippen LogP contribution >= 0.6 is 0 Å². The van der Waals surface area contributed by atoms with E-state index in [0.29, 0.717) is 11.5 Å². The molecule has 0 atom stereocenters. The van der Waals surface area contributed by atoms with E-state index in [9.17, 15) is 0 Å². The maximum atomic E-state index is 4.74. The number of aliphatic imine (C=N–C) groups is 1. The summed E-state index contributed by atoms with van der Waals surface area (Å²) < 4.78 is 0. The molecule has 0 bridgehead atoms. The minimum absolute atomic E-state index is 0.674. The molecule has 0 aromatic heterocycles. The lowest BCUT2D eigenvalue weighted by molar-refractivity contribution is 0.945. The van der Waals surface area contributed by atoms with Gasteiger partial charge in [0.05, 0.1) is 11.4 Å². The van der Waals surface area contributed by atoms with Gasteiger partial charge in [0, 0.05) is 7.05 Å². The van der Waals surface area contributed by atoms with E-state index in [1.165, 1.54) is 5.56 Å². The number of nitrogens with one attached hydrogen (secondary N) is 1. The Kier molecular flexibility index (Phi) is 6.18. The van der Waals surface area contributed by atoms with Gasteiger partial charge in [0.1, 0.15) is 11.7 Å². The Morgan fingerprint density at radius 2 is 1.62 bits per heavy atom. The van der Waals surface area contributed by atoms with Gasteiger partial charge in [-0.15, -0.1) is 0 Å². The summed E-state index contributed by atoms with van der Waals surface area (Å²) >= 11 is 0. The molecule has 2 aromatic carbocycles. The second kappa shape index (κ2) is 8.34. The van der Waals surface area contributed by atoms with E-state index in [4.69, 9.17) is 4.99 Å². The number of rotatable bonds is 6. The molecule has 0 aliphatic rings. The molecule has 0 saturated carbocycles. The van der Waals surface area contributed by atoms with Crippen molar-refractivity contribution in [1.82, 2.24) is 5.32 Å². The summed E-state index contributed by atoms with van der Waals surface area (Å²) in [5.74, 6) is 1.40. The van der Waals surface area contributed by atoms with Crippen molar-refractivity contribution >= 4 is 17.2 Å². The third-order valence-electron chi connectivity index (χ3n) is 4.19. The van der Waals surface area contributed by atoms with Crippen molar-refractivity contribution in [3.8, 4) is 0 Å². The minimum atomic E-state index is 0.674. The van der Waals surface area contributed by atoms with Crippen molar-refractivity contribution in [1.29, 1.82) is 0 Å². The van der Waals surface area contributed by atoms with Crippen LogP contribution in [0.25, 0.3) is 5.70 Å². The standard InChI is InChI=1S/C23H27N3/c1-8-22(25-19(5)21-12-10-9-11-13-21)26(20(6)24-7)23-17(3)14-16(2)15-18(23)4/h8-15,24H,1,5-6H2,2-4,7H3. The summed E-state index contributed by atoms with van der Waals surface area (Å²) in [6, 6.07) is 14.2. The van der Waals surface area contributed by atoms with E-state index in [2.05, 4.69) is 58.0 Å². The van der Waals surface area contributed by atoms with Crippen molar-refractivity contribution in [2.75, 3.05) is 11.9 Å². The normalized spacial score (nSPS) is 11.0. The average Bonchev–Trinajstić information content (AvgIpc) is 2.62. The second-order valence-corrected chi connectivity index (χ2v) is 6.27. The van der Waals surface area contributed by atoms with Crippen molar-refractivity contribution in [3.63, 3.8) is 0 Å². The highest BCUT2D eigenvalue weighted by Crippen LogP contribution is 2.29. The van der Waals surface area contributed by atoms with Crippen LogP contribution < -0.4 is 10.2 Å². The molecular formula is C23H27N3. The van der Waals surface area contributed by atoms with E-state index < -0.39 is 0 Å². The van der Waals surface area contributed by atoms with Gasteiger partial charge in [-0.05, 0) is 43.5 Å². The van der Waals surface area contributed by atoms with Gasteiger partial charge in [-0.3, -0.25) is 4.90 Å². The fourth-order valence-electron chi connectivity index (χ4n) is 3.04. The van der Waals surface area contributed by atoms with Gasteiger partial charge in [0.15, 0.2) is 0 Å². The first-order valence-electron chi connectivity index (χ1n) is 8.59. The summed E-state index contributed by atoms with van der Waals surface area (Å²) in [4.78, 5) is 6.74. The van der Waals surface area contributed by atoms with Gasteiger partial charge in [-0.25, -0.2) is 4.99 Å². The topological polar surface area (TPSA) is 27.6 Å². The Balaban J connectivity index is 2.58. The van der Waals surface area contributed by atoms with E-state index in [-0.39, 0.29) is 0 Å². The molecule has 0 heterocycles. The van der Waals surface area contributed by atoms with E-state index in [0.717, 1.165) is 28.2 Å². The Morgan fingerprint density at radius 3 is 2.12 bits per heavy atom. The molecule has 3 nitrogen and oxygen atoms in total. The van der Waals surface area contributed by atoms with Crippen LogP contribution in [-0.4, -0.2) is 12.9 Å². The smallest absolute Gasteiger partial charge is 0.138 e. The first kappa shape index (κ1) is 19.3. The molecule has 0 radical (unpaired) electrons. The van der Waals surface area contributed by atoms with Gasteiger partial charge >= 0.3 is 0 Å². The highest BCUT2D eigenvalue weighted by atomic mass is 15.3. The minimum Gasteiger partial charge on any atom is -0.375 e. The lowest BCUT2D eigenvalue weighted by atomic mass is 10.0. The van der Waals surface area contributed by atoms with Crippen LogP contribution in [0.3, 0.4) is 0 Å². The SMILES string of the molecule is C=CC(=NC(=C)c1ccccc1)N(C(=C)NC)c1c(C)cc(C)cc1C. The molecule has 0 spiro atoms. The summed E-state index contributed by atoms with van der Waals surface area (Å²) in [6.07, 6.45) is 1.73. The molecule has 2 rings (SSSR count). The number of anilines is 1.